The summed E-state index contributed by atoms with van der Waals surface area (Å²) in [5.74, 6) is 1.27. The first-order chi connectivity index (χ1) is 9.65. The van der Waals surface area contributed by atoms with E-state index in [-0.39, 0.29) is 0 Å². The first kappa shape index (κ1) is 15.4. The van der Waals surface area contributed by atoms with Gasteiger partial charge in [-0.15, -0.1) is 0 Å². The minimum atomic E-state index is -0.538. The Kier molecular flexibility index (Phi) is 5.46. The van der Waals surface area contributed by atoms with E-state index < -0.39 is 6.10 Å². The molecule has 0 aliphatic rings. The van der Waals surface area contributed by atoms with Gasteiger partial charge in [-0.2, -0.15) is 11.3 Å². The summed E-state index contributed by atoms with van der Waals surface area (Å²) in [6.07, 6.45) is 0.986. The van der Waals surface area contributed by atoms with Crippen molar-refractivity contribution in [1.82, 2.24) is 0 Å². The van der Waals surface area contributed by atoms with Crippen LogP contribution >= 0.6 is 27.3 Å². The molecular weight excluding hydrogens is 340 g/mol. The fraction of sp³-hybridized carbons (Fsp3) is 0.333. The Morgan fingerprint density at radius 1 is 1.25 bits per heavy atom. The van der Waals surface area contributed by atoms with Crippen LogP contribution in [0.3, 0.4) is 0 Å². The molecule has 108 valence electrons. The van der Waals surface area contributed by atoms with E-state index in [9.17, 15) is 5.11 Å². The zero-order chi connectivity index (χ0) is 14.5. The molecule has 0 saturated heterocycles. The third-order valence-corrected chi connectivity index (χ3v) is 4.57. The van der Waals surface area contributed by atoms with Gasteiger partial charge in [0.25, 0.3) is 0 Å². The fourth-order valence-electron chi connectivity index (χ4n) is 2.02. The number of rotatable bonds is 6. The van der Waals surface area contributed by atoms with Gasteiger partial charge in [-0.1, -0.05) is 15.9 Å². The van der Waals surface area contributed by atoms with Crippen LogP contribution in [0.2, 0.25) is 0 Å². The number of aryl methyl sites for hydroxylation is 1. The summed E-state index contributed by atoms with van der Waals surface area (Å²) in [4.78, 5) is 0. The lowest BCUT2D eigenvalue weighted by atomic mass is 10.0. The molecule has 0 aliphatic carbocycles. The highest BCUT2D eigenvalue weighted by molar-refractivity contribution is 9.10. The number of thiophene rings is 1. The molecule has 3 nitrogen and oxygen atoms in total. The molecule has 0 fully saturated rings. The monoisotopic (exact) mass is 356 g/mol. The van der Waals surface area contributed by atoms with E-state index in [1.54, 1.807) is 25.6 Å². The molecule has 5 heteroatoms. The van der Waals surface area contributed by atoms with Crippen molar-refractivity contribution in [3.63, 3.8) is 0 Å². The number of hydrogen-bond acceptors (Lipinski definition) is 4. The van der Waals surface area contributed by atoms with Crippen molar-refractivity contribution in [2.45, 2.75) is 18.9 Å². The summed E-state index contributed by atoms with van der Waals surface area (Å²) < 4.78 is 11.3. The number of hydrogen-bond donors (Lipinski definition) is 1. The third-order valence-electron chi connectivity index (χ3n) is 3.15. The van der Waals surface area contributed by atoms with Gasteiger partial charge in [0.15, 0.2) is 11.5 Å². The molecule has 1 N–H and O–H groups in total. The Labute approximate surface area is 131 Å². The number of ether oxygens (including phenoxy) is 2. The molecule has 0 aliphatic heterocycles. The lowest BCUT2D eigenvalue weighted by molar-refractivity contribution is 0.166. The number of aliphatic hydroxyl groups excluding tert-OH is 1. The third kappa shape index (κ3) is 3.53. The first-order valence-electron chi connectivity index (χ1n) is 6.26. The van der Waals surface area contributed by atoms with E-state index in [4.69, 9.17) is 9.47 Å². The molecule has 0 amide bonds. The van der Waals surface area contributed by atoms with Crippen molar-refractivity contribution in [1.29, 1.82) is 0 Å². The van der Waals surface area contributed by atoms with Crippen LogP contribution in [0.25, 0.3) is 0 Å². The van der Waals surface area contributed by atoms with Crippen molar-refractivity contribution in [3.8, 4) is 11.5 Å². The number of halogens is 1. The van der Waals surface area contributed by atoms with Crippen LogP contribution in [-0.4, -0.2) is 19.3 Å². The predicted molar refractivity (Wildman–Crippen MR) is 84.8 cm³/mol. The maximum absolute atomic E-state index is 10.4. The van der Waals surface area contributed by atoms with Crippen LogP contribution in [0, 0.1) is 0 Å². The van der Waals surface area contributed by atoms with Crippen LogP contribution in [0.15, 0.2) is 33.4 Å². The van der Waals surface area contributed by atoms with E-state index in [1.165, 1.54) is 5.56 Å². The van der Waals surface area contributed by atoms with Crippen LogP contribution in [0.4, 0.5) is 0 Å². The molecule has 0 spiro atoms. The highest BCUT2D eigenvalue weighted by Gasteiger charge is 2.16. The highest BCUT2D eigenvalue weighted by atomic mass is 79.9. The summed E-state index contributed by atoms with van der Waals surface area (Å²) in [6.45, 7) is 0. The summed E-state index contributed by atoms with van der Waals surface area (Å²) >= 11 is 5.15. The van der Waals surface area contributed by atoms with E-state index >= 15 is 0 Å². The highest BCUT2D eigenvalue weighted by Crippen LogP contribution is 2.37. The Balaban J connectivity index is 2.14. The van der Waals surface area contributed by atoms with Crippen molar-refractivity contribution < 1.29 is 14.6 Å². The minimum Gasteiger partial charge on any atom is -0.493 e. The quantitative estimate of drug-likeness (QED) is 0.842. The average molecular weight is 357 g/mol. The summed E-state index contributed by atoms with van der Waals surface area (Å²) in [7, 11) is 3.18. The maximum Gasteiger partial charge on any atom is 0.161 e. The SMILES string of the molecule is COc1cc(Br)c(C(O)CCc2ccsc2)cc1OC. The van der Waals surface area contributed by atoms with Gasteiger partial charge in [0, 0.05) is 4.47 Å². The Morgan fingerprint density at radius 2 is 1.95 bits per heavy atom. The smallest absolute Gasteiger partial charge is 0.161 e. The van der Waals surface area contributed by atoms with Gasteiger partial charge in [-0.05, 0) is 52.9 Å². The van der Waals surface area contributed by atoms with Gasteiger partial charge in [0.1, 0.15) is 0 Å². The largest absolute Gasteiger partial charge is 0.493 e. The van der Waals surface area contributed by atoms with Gasteiger partial charge in [0.2, 0.25) is 0 Å². The Morgan fingerprint density at radius 3 is 2.55 bits per heavy atom. The van der Waals surface area contributed by atoms with Crippen molar-refractivity contribution in [3.05, 3.63) is 44.6 Å². The number of aliphatic hydroxyl groups is 1. The topological polar surface area (TPSA) is 38.7 Å². The molecule has 0 bridgehead atoms. The van der Waals surface area contributed by atoms with Crippen LogP contribution < -0.4 is 9.47 Å². The predicted octanol–water partition coefficient (Wildman–Crippen LogP) is 4.19. The molecule has 1 aromatic heterocycles. The molecule has 2 aromatic rings. The van der Waals surface area contributed by atoms with Gasteiger partial charge in [-0.3, -0.25) is 0 Å². The average Bonchev–Trinajstić information content (AvgIpc) is 2.97. The normalized spacial score (nSPS) is 12.2. The lowest BCUT2D eigenvalue weighted by Gasteiger charge is -2.16. The van der Waals surface area contributed by atoms with Gasteiger partial charge in [-0.25, -0.2) is 0 Å². The first-order valence-corrected chi connectivity index (χ1v) is 7.99. The second kappa shape index (κ2) is 7.11. The maximum atomic E-state index is 10.4. The molecule has 1 atom stereocenters. The fourth-order valence-corrected chi connectivity index (χ4v) is 3.31. The van der Waals surface area contributed by atoms with Gasteiger partial charge >= 0.3 is 0 Å². The molecule has 1 heterocycles. The molecule has 2 rings (SSSR count). The summed E-state index contributed by atoms with van der Waals surface area (Å²) in [6, 6.07) is 5.73. The second-order valence-corrected chi connectivity index (χ2v) is 6.05. The van der Waals surface area contributed by atoms with Crippen molar-refractivity contribution in [2.75, 3.05) is 14.2 Å². The second-order valence-electron chi connectivity index (χ2n) is 4.41. The lowest BCUT2D eigenvalue weighted by Crippen LogP contribution is -2.02. The molecule has 20 heavy (non-hydrogen) atoms. The molecule has 0 saturated carbocycles. The van der Waals surface area contributed by atoms with E-state index in [0.717, 1.165) is 16.5 Å². The molecular formula is C15H17BrO3S. The van der Waals surface area contributed by atoms with Gasteiger partial charge < -0.3 is 14.6 Å². The van der Waals surface area contributed by atoms with Crippen molar-refractivity contribution in [2.24, 2.45) is 0 Å². The van der Waals surface area contributed by atoms with Crippen LogP contribution in [0.1, 0.15) is 23.7 Å². The van der Waals surface area contributed by atoms with Crippen molar-refractivity contribution >= 4 is 27.3 Å². The van der Waals surface area contributed by atoms with E-state index in [1.807, 2.05) is 17.5 Å². The Hall–Kier alpha value is -1.04. The summed E-state index contributed by atoms with van der Waals surface area (Å²) in [5, 5.41) is 14.5. The number of methoxy groups -OCH3 is 2. The van der Waals surface area contributed by atoms with E-state index in [0.29, 0.717) is 17.9 Å². The number of benzene rings is 1. The molecule has 1 aromatic carbocycles. The zero-order valence-electron chi connectivity index (χ0n) is 11.4. The van der Waals surface area contributed by atoms with Crippen LogP contribution in [0.5, 0.6) is 11.5 Å². The minimum absolute atomic E-state index is 0.538. The van der Waals surface area contributed by atoms with Gasteiger partial charge in [0.05, 0.1) is 20.3 Å². The van der Waals surface area contributed by atoms with E-state index in [2.05, 4.69) is 27.4 Å². The standard InChI is InChI=1S/C15H17BrO3S/c1-18-14-7-11(12(16)8-15(14)19-2)13(17)4-3-10-5-6-20-9-10/h5-9,13,17H,3-4H2,1-2H3. The molecule has 0 radical (unpaired) electrons. The zero-order valence-corrected chi connectivity index (χ0v) is 13.8. The summed E-state index contributed by atoms with van der Waals surface area (Å²) in [5.41, 5.74) is 2.07. The Bertz CT molecular complexity index is 554. The molecule has 1 unspecified atom stereocenters. The van der Waals surface area contributed by atoms with Crippen LogP contribution in [-0.2, 0) is 6.42 Å².